The average molecular weight is 556 g/mol. The molecule has 0 saturated carbocycles. The molecule has 39 heavy (non-hydrogen) atoms. The fourth-order valence-corrected chi connectivity index (χ4v) is 3.95. The zero-order valence-corrected chi connectivity index (χ0v) is 22.1. The molecular formula is C29H23Cl2N7O. The van der Waals surface area contributed by atoms with Gasteiger partial charge in [-0.1, -0.05) is 77.8 Å². The summed E-state index contributed by atoms with van der Waals surface area (Å²) in [5.41, 5.74) is 6.25. The van der Waals surface area contributed by atoms with E-state index in [1.165, 1.54) is 0 Å². The molecule has 3 N–H and O–H groups in total. The number of rotatable bonds is 10. The summed E-state index contributed by atoms with van der Waals surface area (Å²) in [6, 6.07) is 32.1. The highest BCUT2D eigenvalue weighted by Crippen LogP contribution is 2.23. The van der Waals surface area contributed by atoms with Crippen molar-refractivity contribution in [3.05, 3.63) is 124 Å². The first kappa shape index (κ1) is 26.0. The van der Waals surface area contributed by atoms with Crippen LogP contribution in [0.3, 0.4) is 0 Å². The average Bonchev–Trinajstić information content (AvgIpc) is 2.94. The third kappa shape index (κ3) is 7.67. The van der Waals surface area contributed by atoms with Crippen molar-refractivity contribution < 1.29 is 4.74 Å². The summed E-state index contributed by atoms with van der Waals surface area (Å²) in [7, 11) is 0. The van der Waals surface area contributed by atoms with E-state index in [1.54, 1.807) is 18.3 Å². The lowest BCUT2D eigenvalue weighted by Gasteiger charge is -2.10. The molecule has 1 heterocycles. The molecular weight excluding hydrogens is 533 g/mol. The molecule has 0 amide bonds. The van der Waals surface area contributed by atoms with Crippen LogP contribution >= 0.6 is 23.2 Å². The van der Waals surface area contributed by atoms with Crippen LogP contribution in [0.5, 0.6) is 5.75 Å². The second-order valence-corrected chi connectivity index (χ2v) is 9.10. The highest BCUT2D eigenvalue weighted by Gasteiger charge is 2.08. The number of ether oxygens (including phenoxy) is 1. The lowest BCUT2D eigenvalue weighted by Crippen LogP contribution is -2.07. The van der Waals surface area contributed by atoms with Crippen molar-refractivity contribution in [3.63, 3.8) is 0 Å². The fraction of sp³-hybridized carbons (Fsp3) is 0.0345. The van der Waals surface area contributed by atoms with Gasteiger partial charge in [-0.15, -0.1) is 0 Å². The van der Waals surface area contributed by atoms with E-state index in [0.29, 0.717) is 34.3 Å². The molecule has 0 aliphatic rings. The normalized spacial score (nSPS) is 10.8. The van der Waals surface area contributed by atoms with Crippen molar-refractivity contribution in [2.75, 3.05) is 16.1 Å². The molecule has 0 unspecified atom stereocenters. The quantitative estimate of drug-likeness (QED) is 0.120. The van der Waals surface area contributed by atoms with Gasteiger partial charge >= 0.3 is 0 Å². The Morgan fingerprint density at radius 3 is 1.97 bits per heavy atom. The minimum Gasteiger partial charge on any atom is -0.489 e. The SMILES string of the molecule is Clc1ccc(COc2cccc(/C=N/Nc3nc(Nc4ccccc4)nc(Nc4ccccc4)n3)c2)c(Cl)c1. The molecule has 0 bridgehead atoms. The Kier molecular flexibility index (Phi) is 8.48. The second-order valence-electron chi connectivity index (χ2n) is 8.26. The summed E-state index contributed by atoms with van der Waals surface area (Å²) in [5.74, 6) is 1.67. The smallest absolute Gasteiger partial charge is 0.250 e. The molecule has 5 rings (SSSR count). The first-order valence-electron chi connectivity index (χ1n) is 12.0. The van der Waals surface area contributed by atoms with Gasteiger partial charge in [-0.25, -0.2) is 5.43 Å². The zero-order valence-electron chi connectivity index (χ0n) is 20.6. The number of hydrogen-bond donors (Lipinski definition) is 3. The topological polar surface area (TPSA) is 96.4 Å². The number of nitrogens with zero attached hydrogens (tertiary/aromatic N) is 4. The Balaban J connectivity index is 1.29. The van der Waals surface area contributed by atoms with Gasteiger partial charge in [0, 0.05) is 27.0 Å². The molecule has 0 radical (unpaired) electrons. The summed E-state index contributed by atoms with van der Waals surface area (Å²) in [6.07, 6.45) is 1.65. The fourth-order valence-electron chi connectivity index (χ4n) is 3.49. The predicted molar refractivity (Wildman–Crippen MR) is 158 cm³/mol. The molecule has 0 saturated heterocycles. The van der Waals surface area contributed by atoms with E-state index in [9.17, 15) is 0 Å². The van der Waals surface area contributed by atoms with Crippen molar-refractivity contribution in [2.45, 2.75) is 6.61 Å². The van der Waals surface area contributed by atoms with Gasteiger partial charge in [0.25, 0.3) is 0 Å². The zero-order chi connectivity index (χ0) is 26.9. The number of aromatic nitrogens is 3. The van der Waals surface area contributed by atoms with E-state index >= 15 is 0 Å². The van der Waals surface area contributed by atoms with Crippen LogP contribution in [-0.4, -0.2) is 21.2 Å². The maximum absolute atomic E-state index is 6.25. The number of nitrogens with one attached hydrogen (secondary N) is 3. The number of hydrazone groups is 1. The van der Waals surface area contributed by atoms with Crippen LogP contribution in [0, 0.1) is 0 Å². The van der Waals surface area contributed by atoms with E-state index in [4.69, 9.17) is 27.9 Å². The molecule has 0 aliphatic heterocycles. The maximum Gasteiger partial charge on any atom is 0.250 e. The Morgan fingerprint density at radius 2 is 1.33 bits per heavy atom. The van der Waals surface area contributed by atoms with Gasteiger partial charge in [0.05, 0.1) is 6.21 Å². The molecule has 10 heteroatoms. The van der Waals surface area contributed by atoms with Crippen LogP contribution in [0.1, 0.15) is 11.1 Å². The Bertz CT molecular complexity index is 1510. The maximum atomic E-state index is 6.25. The number of anilines is 5. The summed E-state index contributed by atoms with van der Waals surface area (Å²) in [6.45, 7) is 0.314. The van der Waals surface area contributed by atoms with E-state index in [0.717, 1.165) is 22.5 Å². The molecule has 8 nitrogen and oxygen atoms in total. The molecule has 194 valence electrons. The summed E-state index contributed by atoms with van der Waals surface area (Å²) >= 11 is 12.2. The Hall–Kier alpha value is -4.66. The van der Waals surface area contributed by atoms with Gasteiger partial charge in [0.15, 0.2) is 0 Å². The largest absolute Gasteiger partial charge is 0.489 e. The van der Waals surface area contributed by atoms with E-state index in [-0.39, 0.29) is 5.95 Å². The number of hydrogen-bond acceptors (Lipinski definition) is 8. The lowest BCUT2D eigenvalue weighted by atomic mass is 10.2. The van der Waals surface area contributed by atoms with E-state index in [1.807, 2.05) is 91.0 Å². The predicted octanol–water partition coefficient (Wildman–Crippen LogP) is 7.69. The Labute approximate surface area is 235 Å². The van der Waals surface area contributed by atoms with Gasteiger partial charge in [-0.2, -0.15) is 20.1 Å². The summed E-state index contributed by atoms with van der Waals surface area (Å²) < 4.78 is 5.90. The highest BCUT2D eigenvalue weighted by atomic mass is 35.5. The van der Waals surface area contributed by atoms with Crippen molar-refractivity contribution >= 4 is 58.6 Å². The molecule has 0 spiro atoms. The number of halogens is 2. The van der Waals surface area contributed by atoms with Crippen molar-refractivity contribution in [1.29, 1.82) is 0 Å². The van der Waals surface area contributed by atoms with Gasteiger partial charge in [0.2, 0.25) is 17.8 Å². The summed E-state index contributed by atoms with van der Waals surface area (Å²) in [4.78, 5) is 13.4. The van der Waals surface area contributed by atoms with Gasteiger partial charge in [-0.3, -0.25) is 0 Å². The highest BCUT2D eigenvalue weighted by molar-refractivity contribution is 6.35. The van der Waals surface area contributed by atoms with Gasteiger partial charge < -0.3 is 15.4 Å². The van der Waals surface area contributed by atoms with Crippen LogP contribution in [0.15, 0.2) is 108 Å². The van der Waals surface area contributed by atoms with E-state index in [2.05, 4.69) is 36.1 Å². The van der Waals surface area contributed by atoms with Gasteiger partial charge in [-0.05, 0) is 54.1 Å². The Morgan fingerprint density at radius 1 is 0.692 bits per heavy atom. The summed E-state index contributed by atoms with van der Waals surface area (Å²) in [5, 5.41) is 11.8. The van der Waals surface area contributed by atoms with Crippen molar-refractivity contribution in [1.82, 2.24) is 15.0 Å². The standard InChI is InChI=1S/C29H23Cl2N7O/c30-22-15-14-21(26(31)17-22)19-39-25-13-7-8-20(16-25)18-32-38-29-36-27(33-23-9-3-1-4-10-23)35-28(37-29)34-24-11-5-2-6-12-24/h1-18H,19H2,(H3,33,34,35,36,37,38)/b32-18+. The number of para-hydroxylation sites is 2. The lowest BCUT2D eigenvalue weighted by molar-refractivity contribution is 0.306. The first-order chi connectivity index (χ1) is 19.1. The van der Waals surface area contributed by atoms with Crippen LogP contribution in [0.2, 0.25) is 10.0 Å². The first-order valence-corrected chi connectivity index (χ1v) is 12.7. The third-order valence-electron chi connectivity index (χ3n) is 5.34. The molecule has 0 aliphatic carbocycles. The monoisotopic (exact) mass is 555 g/mol. The van der Waals surface area contributed by atoms with Crippen LogP contribution < -0.4 is 20.8 Å². The van der Waals surface area contributed by atoms with Crippen molar-refractivity contribution in [2.24, 2.45) is 5.10 Å². The van der Waals surface area contributed by atoms with E-state index < -0.39 is 0 Å². The van der Waals surface area contributed by atoms with Crippen LogP contribution in [0.25, 0.3) is 0 Å². The number of benzene rings is 4. The third-order valence-corrected chi connectivity index (χ3v) is 5.93. The molecule has 1 aromatic heterocycles. The molecule has 0 fully saturated rings. The molecule has 4 aromatic carbocycles. The molecule has 5 aromatic rings. The van der Waals surface area contributed by atoms with Crippen molar-refractivity contribution in [3.8, 4) is 5.75 Å². The second kappa shape index (κ2) is 12.7. The molecule has 0 atom stereocenters. The minimum absolute atomic E-state index is 0.267. The van der Waals surface area contributed by atoms with Gasteiger partial charge in [0.1, 0.15) is 12.4 Å². The van der Waals surface area contributed by atoms with Crippen LogP contribution in [0.4, 0.5) is 29.2 Å². The van der Waals surface area contributed by atoms with Crippen LogP contribution in [-0.2, 0) is 6.61 Å². The minimum atomic E-state index is 0.267.